The molecule has 9 heteroatoms. The van der Waals surface area contributed by atoms with Crippen molar-refractivity contribution in [1.82, 2.24) is 24.4 Å². The van der Waals surface area contributed by atoms with Crippen LogP contribution in [0.25, 0.3) is 17.2 Å². The Kier molecular flexibility index (Phi) is 5.60. The molecule has 7 nitrogen and oxygen atoms in total. The average Bonchev–Trinajstić information content (AvgIpc) is 3.34. The van der Waals surface area contributed by atoms with Gasteiger partial charge in [0.1, 0.15) is 5.82 Å². The third kappa shape index (κ3) is 4.29. The number of carbonyl (C=O) groups excluding carboxylic acids is 1. The molecule has 32 heavy (non-hydrogen) atoms. The van der Waals surface area contributed by atoms with Gasteiger partial charge in [0.15, 0.2) is 11.5 Å². The molecule has 0 fully saturated rings. The summed E-state index contributed by atoms with van der Waals surface area (Å²) in [7, 11) is 0. The van der Waals surface area contributed by atoms with Crippen LogP contribution in [-0.4, -0.2) is 30.3 Å². The fraction of sp³-hybridized carbons (Fsp3) is 0.261. The van der Waals surface area contributed by atoms with Crippen LogP contribution in [0.1, 0.15) is 48.0 Å². The van der Waals surface area contributed by atoms with E-state index in [9.17, 15) is 9.18 Å². The van der Waals surface area contributed by atoms with Crippen LogP contribution in [0.2, 0.25) is 0 Å². The Bertz CT molecular complexity index is 1290. The number of benzene rings is 2. The molecule has 4 aromatic rings. The Labute approximate surface area is 189 Å². The van der Waals surface area contributed by atoms with Crippen molar-refractivity contribution in [3.63, 3.8) is 0 Å². The normalized spacial score (nSPS) is 11.6. The second-order valence-corrected chi connectivity index (χ2v) is 9.32. The first-order valence-corrected chi connectivity index (χ1v) is 10.9. The number of anilines is 1. The molecule has 1 amide bonds. The van der Waals surface area contributed by atoms with Crippen LogP contribution < -0.4 is 5.32 Å². The maximum absolute atomic E-state index is 13.4. The minimum Gasteiger partial charge on any atom is -0.297 e. The molecule has 1 N–H and O–H groups in total. The number of aromatic nitrogens is 5. The highest BCUT2D eigenvalue weighted by molar-refractivity contribution is 7.10. The fourth-order valence-corrected chi connectivity index (χ4v) is 3.85. The summed E-state index contributed by atoms with van der Waals surface area (Å²) >= 11 is 1.07. The summed E-state index contributed by atoms with van der Waals surface area (Å²) < 4.78 is 19.4. The van der Waals surface area contributed by atoms with E-state index in [4.69, 9.17) is 0 Å². The Hall–Kier alpha value is -3.46. The molecule has 2 aromatic carbocycles. The molecule has 0 aliphatic heterocycles. The van der Waals surface area contributed by atoms with Gasteiger partial charge in [-0.25, -0.2) is 9.07 Å². The van der Waals surface area contributed by atoms with Crippen molar-refractivity contribution in [2.24, 2.45) is 0 Å². The van der Waals surface area contributed by atoms with E-state index in [1.54, 1.807) is 22.9 Å². The summed E-state index contributed by atoms with van der Waals surface area (Å²) in [5, 5.41) is 11.5. The van der Waals surface area contributed by atoms with Gasteiger partial charge < -0.3 is 0 Å². The highest BCUT2D eigenvalue weighted by Gasteiger charge is 2.19. The third-order valence-corrected chi connectivity index (χ3v) is 5.78. The Morgan fingerprint density at radius 1 is 1.09 bits per heavy atom. The molecule has 0 spiro atoms. The predicted octanol–water partition coefficient (Wildman–Crippen LogP) is 5.09. The Morgan fingerprint density at radius 2 is 1.81 bits per heavy atom. The van der Waals surface area contributed by atoms with Gasteiger partial charge in [0.2, 0.25) is 5.13 Å². The molecule has 0 bridgehead atoms. The van der Waals surface area contributed by atoms with Crippen molar-refractivity contribution in [2.45, 2.75) is 40.0 Å². The highest BCUT2D eigenvalue weighted by atomic mass is 32.1. The largest absolute Gasteiger partial charge is 0.297 e. The second-order valence-electron chi connectivity index (χ2n) is 8.57. The van der Waals surface area contributed by atoms with E-state index >= 15 is 0 Å². The summed E-state index contributed by atoms with van der Waals surface area (Å²) in [6, 6.07) is 12.0. The lowest BCUT2D eigenvalue weighted by Crippen LogP contribution is -2.14. The maximum Gasteiger partial charge on any atom is 0.257 e. The number of nitrogens with zero attached hydrogens (tertiary/aromatic N) is 5. The number of nitrogens with one attached hydrogen (secondary N) is 1. The van der Waals surface area contributed by atoms with Gasteiger partial charge in [0.05, 0.1) is 11.4 Å². The Morgan fingerprint density at radius 3 is 2.47 bits per heavy atom. The van der Waals surface area contributed by atoms with Gasteiger partial charge >= 0.3 is 0 Å². The molecular formula is C23H23FN6OS. The first-order chi connectivity index (χ1) is 15.1. The number of hydrogen-bond donors (Lipinski definition) is 1. The number of aryl methyl sites for hydroxylation is 1. The van der Waals surface area contributed by atoms with E-state index in [1.165, 1.54) is 12.1 Å². The lowest BCUT2D eigenvalue weighted by atomic mass is 9.87. The predicted molar refractivity (Wildman–Crippen MR) is 123 cm³/mol. The average molecular weight is 451 g/mol. The molecule has 0 aliphatic rings. The van der Waals surface area contributed by atoms with Crippen molar-refractivity contribution in [1.29, 1.82) is 0 Å². The van der Waals surface area contributed by atoms with E-state index < -0.39 is 0 Å². The van der Waals surface area contributed by atoms with Crippen molar-refractivity contribution < 1.29 is 9.18 Å². The van der Waals surface area contributed by atoms with Crippen LogP contribution >= 0.6 is 11.5 Å². The van der Waals surface area contributed by atoms with Crippen LogP contribution in [0.4, 0.5) is 9.52 Å². The lowest BCUT2D eigenvalue weighted by Gasteiger charge is -2.18. The summed E-state index contributed by atoms with van der Waals surface area (Å²) in [6.45, 7) is 10.0. The van der Waals surface area contributed by atoms with Gasteiger partial charge in [-0.05, 0) is 60.7 Å². The van der Waals surface area contributed by atoms with Crippen LogP contribution in [-0.2, 0) is 5.41 Å². The van der Waals surface area contributed by atoms with Crippen molar-refractivity contribution in [3.05, 3.63) is 70.7 Å². The molecule has 0 unspecified atom stereocenters. The van der Waals surface area contributed by atoms with Crippen molar-refractivity contribution in [2.75, 3.05) is 5.32 Å². The zero-order chi connectivity index (χ0) is 23.0. The molecule has 0 radical (unpaired) electrons. The maximum atomic E-state index is 13.4. The zero-order valence-electron chi connectivity index (χ0n) is 18.5. The molecule has 0 saturated carbocycles. The molecule has 4 rings (SSSR count). The number of rotatable bonds is 4. The Balaban J connectivity index is 1.53. The van der Waals surface area contributed by atoms with Gasteiger partial charge in [-0.2, -0.15) is 9.36 Å². The van der Waals surface area contributed by atoms with Gasteiger partial charge in [-0.3, -0.25) is 10.1 Å². The number of halogens is 1. The van der Waals surface area contributed by atoms with E-state index in [-0.39, 0.29) is 17.1 Å². The summed E-state index contributed by atoms with van der Waals surface area (Å²) in [5.74, 6) is -0.189. The van der Waals surface area contributed by atoms with E-state index in [1.807, 2.05) is 26.0 Å². The zero-order valence-corrected chi connectivity index (χ0v) is 19.3. The molecule has 0 aliphatic carbocycles. The van der Waals surface area contributed by atoms with E-state index in [0.29, 0.717) is 27.9 Å². The molecule has 2 aromatic heterocycles. The minimum absolute atomic E-state index is 0.0187. The SMILES string of the molecule is Cc1cc(F)ccc1-n1nnc(-c2nsc(NC(=O)c3ccc(C(C)(C)C)cc3)n2)c1C. The molecule has 0 saturated heterocycles. The quantitative estimate of drug-likeness (QED) is 0.468. The second kappa shape index (κ2) is 8.23. The van der Waals surface area contributed by atoms with Crippen molar-refractivity contribution in [3.8, 4) is 17.2 Å². The van der Waals surface area contributed by atoms with Crippen LogP contribution in [0, 0.1) is 19.7 Å². The smallest absolute Gasteiger partial charge is 0.257 e. The number of hydrogen-bond acceptors (Lipinski definition) is 6. The van der Waals surface area contributed by atoms with Gasteiger partial charge in [0, 0.05) is 17.1 Å². The fourth-order valence-electron chi connectivity index (χ4n) is 3.28. The highest BCUT2D eigenvalue weighted by Crippen LogP contribution is 2.26. The third-order valence-electron chi connectivity index (χ3n) is 5.15. The summed E-state index contributed by atoms with van der Waals surface area (Å²) in [5.41, 5.74) is 4.40. The summed E-state index contributed by atoms with van der Waals surface area (Å²) in [6.07, 6.45) is 0. The topological polar surface area (TPSA) is 85.6 Å². The standard InChI is InChI=1S/C23H23FN6OS/c1-13-12-17(24)10-11-18(13)30-14(2)19(27-29-30)20-25-22(32-28-20)26-21(31)15-6-8-16(9-7-15)23(3,4)5/h6-12H,1-5H3,(H,25,26,28,31). The van der Waals surface area contributed by atoms with Gasteiger partial charge in [0.25, 0.3) is 5.91 Å². The molecule has 0 atom stereocenters. The molecule has 2 heterocycles. The van der Waals surface area contributed by atoms with Crippen LogP contribution in [0.15, 0.2) is 42.5 Å². The first-order valence-electron chi connectivity index (χ1n) is 10.1. The molecule has 164 valence electrons. The van der Waals surface area contributed by atoms with E-state index in [0.717, 1.165) is 28.3 Å². The lowest BCUT2D eigenvalue weighted by molar-refractivity contribution is 0.102. The van der Waals surface area contributed by atoms with Gasteiger partial charge in [-0.1, -0.05) is 38.1 Å². The van der Waals surface area contributed by atoms with Crippen LogP contribution in [0.5, 0.6) is 0 Å². The van der Waals surface area contributed by atoms with Gasteiger partial charge in [-0.15, -0.1) is 5.10 Å². The number of amides is 1. The molecular weight excluding hydrogens is 427 g/mol. The summed E-state index contributed by atoms with van der Waals surface area (Å²) in [4.78, 5) is 17.0. The minimum atomic E-state index is -0.307. The number of carbonyl (C=O) groups is 1. The first kappa shape index (κ1) is 21.8. The van der Waals surface area contributed by atoms with Crippen molar-refractivity contribution >= 4 is 22.6 Å². The van der Waals surface area contributed by atoms with Crippen LogP contribution in [0.3, 0.4) is 0 Å². The van der Waals surface area contributed by atoms with E-state index in [2.05, 4.69) is 45.8 Å². The monoisotopic (exact) mass is 450 g/mol.